The van der Waals surface area contributed by atoms with Gasteiger partial charge >= 0.3 is 12.0 Å². The molecule has 1 aromatic rings. The number of benzene rings is 1. The van der Waals surface area contributed by atoms with E-state index in [9.17, 15) is 19.2 Å². The molecule has 1 saturated carbocycles. The SMILES string of the molecule is C[C@H]1CCCC[C@]12NC(=O)N(CC(=O)OCC(=O)Nc1cccc(Cl)c1)C2=O. The van der Waals surface area contributed by atoms with Crippen LogP contribution in [0.2, 0.25) is 5.02 Å². The highest BCUT2D eigenvalue weighted by molar-refractivity contribution is 6.30. The topological polar surface area (TPSA) is 105 Å². The van der Waals surface area contributed by atoms with Crippen molar-refractivity contribution < 1.29 is 23.9 Å². The van der Waals surface area contributed by atoms with Gasteiger partial charge < -0.3 is 15.4 Å². The first-order chi connectivity index (χ1) is 13.3. The number of esters is 1. The Hall–Kier alpha value is -2.61. The number of nitrogens with zero attached hydrogens (tertiary/aromatic N) is 1. The number of rotatable bonds is 5. The van der Waals surface area contributed by atoms with Crippen LogP contribution in [0.4, 0.5) is 10.5 Å². The third-order valence-corrected chi connectivity index (χ3v) is 5.50. The highest BCUT2D eigenvalue weighted by Crippen LogP contribution is 2.38. The summed E-state index contributed by atoms with van der Waals surface area (Å²) in [7, 11) is 0. The Morgan fingerprint density at radius 1 is 1.36 bits per heavy atom. The van der Waals surface area contributed by atoms with E-state index in [1.165, 1.54) is 0 Å². The molecule has 9 heteroatoms. The molecule has 4 amide bonds. The number of amides is 4. The summed E-state index contributed by atoms with van der Waals surface area (Å²) in [6.45, 7) is 0.874. The van der Waals surface area contributed by atoms with E-state index in [1.54, 1.807) is 24.3 Å². The predicted molar refractivity (Wildman–Crippen MR) is 102 cm³/mol. The number of hydrogen-bond acceptors (Lipinski definition) is 5. The van der Waals surface area contributed by atoms with Crippen molar-refractivity contribution in [2.75, 3.05) is 18.5 Å². The Kier molecular flexibility index (Phi) is 5.88. The highest BCUT2D eigenvalue weighted by atomic mass is 35.5. The van der Waals surface area contributed by atoms with E-state index in [0.29, 0.717) is 17.1 Å². The molecule has 0 bridgehead atoms. The molecule has 1 heterocycles. The third kappa shape index (κ3) is 4.11. The minimum Gasteiger partial charge on any atom is -0.454 e. The number of anilines is 1. The number of imide groups is 1. The number of urea groups is 1. The van der Waals surface area contributed by atoms with Gasteiger partial charge in [-0.3, -0.25) is 19.3 Å². The quantitative estimate of drug-likeness (QED) is 0.575. The lowest BCUT2D eigenvalue weighted by Crippen LogP contribution is -2.54. The average Bonchev–Trinajstić information content (AvgIpc) is 2.88. The van der Waals surface area contributed by atoms with E-state index in [0.717, 1.165) is 24.2 Å². The molecule has 1 aromatic carbocycles. The van der Waals surface area contributed by atoms with E-state index in [4.69, 9.17) is 16.3 Å². The van der Waals surface area contributed by atoms with Crippen LogP contribution >= 0.6 is 11.6 Å². The second-order valence-electron chi connectivity index (χ2n) is 7.16. The molecule has 0 unspecified atom stereocenters. The number of ether oxygens (including phenoxy) is 1. The molecular formula is C19H22ClN3O5. The smallest absolute Gasteiger partial charge is 0.326 e. The maximum absolute atomic E-state index is 12.8. The van der Waals surface area contributed by atoms with Crippen molar-refractivity contribution in [1.29, 1.82) is 0 Å². The Labute approximate surface area is 167 Å². The minimum atomic E-state index is -0.931. The summed E-state index contributed by atoms with van der Waals surface area (Å²) in [6.07, 6.45) is 3.26. The van der Waals surface area contributed by atoms with E-state index in [1.807, 2.05) is 6.92 Å². The summed E-state index contributed by atoms with van der Waals surface area (Å²) in [5.41, 5.74) is -0.463. The van der Waals surface area contributed by atoms with Gasteiger partial charge in [0.05, 0.1) is 0 Å². The van der Waals surface area contributed by atoms with Gasteiger partial charge in [0.25, 0.3) is 11.8 Å². The van der Waals surface area contributed by atoms with Crippen molar-refractivity contribution in [2.45, 2.75) is 38.1 Å². The fourth-order valence-electron chi connectivity index (χ4n) is 3.72. The molecular weight excluding hydrogens is 386 g/mol. The van der Waals surface area contributed by atoms with Crippen LogP contribution in [0.3, 0.4) is 0 Å². The van der Waals surface area contributed by atoms with Crippen LogP contribution in [0.25, 0.3) is 0 Å². The Morgan fingerprint density at radius 2 is 2.14 bits per heavy atom. The van der Waals surface area contributed by atoms with Crippen molar-refractivity contribution in [3.05, 3.63) is 29.3 Å². The third-order valence-electron chi connectivity index (χ3n) is 5.26. The molecule has 2 atom stereocenters. The standard InChI is InChI=1S/C19H22ClN3O5/c1-12-5-2-3-8-19(12)17(26)23(18(27)22-19)10-16(25)28-11-15(24)21-14-7-4-6-13(20)9-14/h4,6-7,9,12H,2-3,5,8,10-11H2,1H3,(H,21,24)(H,22,27)/t12-,19-/m0/s1. The van der Waals surface area contributed by atoms with Crippen molar-refractivity contribution in [3.63, 3.8) is 0 Å². The Balaban J connectivity index is 1.52. The predicted octanol–water partition coefficient (Wildman–Crippen LogP) is 2.32. The zero-order valence-corrected chi connectivity index (χ0v) is 16.3. The summed E-state index contributed by atoms with van der Waals surface area (Å²) >= 11 is 5.84. The monoisotopic (exact) mass is 407 g/mol. The molecule has 2 fully saturated rings. The van der Waals surface area contributed by atoms with Crippen LogP contribution < -0.4 is 10.6 Å². The molecule has 8 nitrogen and oxygen atoms in total. The lowest BCUT2D eigenvalue weighted by Gasteiger charge is -2.36. The fourth-order valence-corrected chi connectivity index (χ4v) is 3.91. The van der Waals surface area contributed by atoms with Crippen LogP contribution in [-0.4, -0.2) is 47.4 Å². The first-order valence-corrected chi connectivity index (χ1v) is 9.55. The molecule has 1 spiro atoms. The number of halogens is 1. The Bertz CT molecular complexity index is 815. The fraction of sp³-hybridized carbons (Fsp3) is 0.474. The van der Waals surface area contributed by atoms with Crippen LogP contribution in [-0.2, 0) is 19.1 Å². The van der Waals surface area contributed by atoms with Gasteiger partial charge in [-0.25, -0.2) is 4.79 Å². The molecule has 2 aliphatic rings. The Morgan fingerprint density at radius 3 is 2.86 bits per heavy atom. The number of carbonyl (C=O) groups is 4. The first kappa shape index (κ1) is 20.1. The lowest BCUT2D eigenvalue weighted by atomic mass is 9.73. The zero-order chi connectivity index (χ0) is 20.3. The molecule has 28 heavy (non-hydrogen) atoms. The number of carbonyl (C=O) groups excluding carboxylic acids is 4. The van der Waals surface area contributed by atoms with Gasteiger partial charge in [0.2, 0.25) is 0 Å². The summed E-state index contributed by atoms with van der Waals surface area (Å²) in [5, 5.41) is 5.76. The van der Waals surface area contributed by atoms with Gasteiger partial charge in [-0.2, -0.15) is 0 Å². The minimum absolute atomic E-state index is 0.00203. The largest absolute Gasteiger partial charge is 0.454 e. The summed E-state index contributed by atoms with van der Waals surface area (Å²) in [4.78, 5) is 49.9. The van der Waals surface area contributed by atoms with Gasteiger partial charge in [-0.05, 0) is 37.0 Å². The highest BCUT2D eigenvalue weighted by Gasteiger charge is 2.55. The molecule has 0 aromatic heterocycles. The summed E-state index contributed by atoms with van der Waals surface area (Å²) in [5.74, 6) is -1.78. The number of nitrogens with one attached hydrogen (secondary N) is 2. The molecule has 1 aliphatic heterocycles. The molecule has 1 aliphatic carbocycles. The lowest BCUT2D eigenvalue weighted by molar-refractivity contribution is -0.150. The van der Waals surface area contributed by atoms with Crippen molar-refractivity contribution in [1.82, 2.24) is 10.2 Å². The summed E-state index contributed by atoms with van der Waals surface area (Å²) < 4.78 is 4.91. The molecule has 1 saturated heterocycles. The van der Waals surface area contributed by atoms with Gasteiger partial charge in [-0.15, -0.1) is 0 Å². The first-order valence-electron chi connectivity index (χ1n) is 9.17. The van der Waals surface area contributed by atoms with Gasteiger partial charge in [0.1, 0.15) is 12.1 Å². The average molecular weight is 408 g/mol. The second-order valence-corrected chi connectivity index (χ2v) is 7.60. The van der Waals surface area contributed by atoms with E-state index in [-0.39, 0.29) is 5.92 Å². The van der Waals surface area contributed by atoms with Gasteiger partial charge in [0, 0.05) is 10.7 Å². The van der Waals surface area contributed by atoms with Gasteiger partial charge in [-0.1, -0.05) is 37.4 Å². The van der Waals surface area contributed by atoms with Crippen LogP contribution in [0.1, 0.15) is 32.6 Å². The second kappa shape index (κ2) is 8.18. The van der Waals surface area contributed by atoms with Crippen LogP contribution in [0.5, 0.6) is 0 Å². The zero-order valence-electron chi connectivity index (χ0n) is 15.5. The van der Waals surface area contributed by atoms with Crippen molar-refractivity contribution >= 4 is 41.1 Å². The molecule has 3 rings (SSSR count). The maximum atomic E-state index is 12.8. The summed E-state index contributed by atoms with van der Waals surface area (Å²) in [6, 6.07) is 5.93. The maximum Gasteiger partial charge on any atom is 0.326 e. The van der Waals surface area contributed by atoms with Crippen LogP contribution in [0, 0.1) is 5.92 Å². The van der Waals surface area contributed by atoms with E-state index < -0.39 is 42.5 Å². The normalized spacial score (nSPS) is 24.2. The van der Waals surface area contributed by atoms with Gasteiger partial charge in [0.15, 0.2) is 6.61 Å². The molecule has 0 radical (unpaired) electrons. The van der Waals surface area contributed by atoms with Crippen molar-refractivity contribution in [2.24, 2.45) is 5.92 Å². The number of hydrogen-bond donors (Lipinski definition) is 2. The molecule has 2 N–H and O–H groups in total. The van der Waals surface area contributed by atoms with E-state index >= 15 is 0 Å². The molecule has 150 valence electrons. The van der Waals surface area contributed by atoms with Crippen LogP contribution in [0.15, 0.2) is 24.3 Å². The van der Waals surface area contributed by atoms with E-state index in [2.05, 4.69) is 10.6 Å². The van der Waals surface area contributed by atoms with Crippen molar-refractivity contribution in [3.8, 4) is 0 Å².